The van der Waals surface area contributed by atoms with Crippen molar-refractivity contribution in [1.82, 2.24) is 0 Å². The Morgan fingerprint density at radius 1 is 1.00 bits per heavy atom. The zero-order valence-electron chi connectivity index (χ0n) is 19.5. The van der Waals surface area contributed by atoms with Gasteiger partial charge in [-0.05, 0) is 73.0 Å². The molecule has 0 saturated heterocycles. The molecule has 35 heavy (non-hydrogen) atoms. The Morgan fingerprint density at radius 3 is 2.40 bits per heavy atom. The molecule has 3 rings (SSSR count). The third-order valence-electron chi connectivity index (χ3n) is 5.06. The van der Waals surface area contributed by atoms with Crippen molar-refractivity contribution in [2.75, 3.05) is 18.5 Å². The molecule has 3 aromatic carbocycles. The van der Waals surface area contributed by atoms with E-state index < -0.39 is 11.9 Å². The van der Waals surface area contributed by atoms with Gasteiger partial charge in [0.1, 0.15) is 17.4 Å². The van der Waals surface area contributed by atoms with Crippen molar-refractivity contribution in [1.29, 1.82) is 5.26 Å². The molecule has 0 bridgehead atoms. The minimum atomic E-state index is -0.561. The molecule has 178 valence electrons. The van der Waals surface area contributed by atoms with E-state index in [9.17, 15) is 14.9 Å². The number of nitrogens with one attached hydrogen (secondary N) is 1. The van der Waals surface area contributed by atoms with Crippen LogP contribution in [0.15, 0.2) is 72.3 Å². The smallest absolute Gasteiger partial charge is 0.338 e. The normalized spacial score (nSPS) is 10.9. The summed E-state index contributed by atoms with van der Waals surface area (Å²) in [7, 11) is 0. The third-order valence-corrected chi connectivity index (χ3v) is 5.43. The highest BCUT2D eigenvalue weighted by molar-refractivity contribution is 6.31. The van der Waals surface area contributed by atoms with E-state index in [-0.39, 0.29) is 12.2 Å². The van der Waals surface area contributed by atoms with Crippen molar-refractivity contribution in [3.8, 4) is 11.8 Å². The number of hydrogen-bond donors (Lipinski definition) is 1. The number of rotatable bonds is 9. The summed E-state index contributed by atoms with van der Waals surface area (Å²) in [6.45, 7) is 4.37. The minimum absolute atomic E-state index is 0.0687. The molecule has 0 fully saturated rings. The fourth-order valence-corrected chi connectivity index (χ4v) is 3.56. The van der Waals surface area contributed by atoms with Crippen LogP contribution in [0, 0.1) is 11.3 Å². The zero-order chi connectivity index (χ0) is 25.2. The highest BCUT2D eigenvalue weighted by Gasteiger charge is 2.13. The SMILES string of the molecule is CCOC(=O)c1ccc(NC(=O)/C(C#N)=C/c2ccc(Cc3ccccc3Cl)c(OCC)c2)cc1. The molecule has 7 heteroatoms. The summed E-state index contributed by atoms with van der Waals surface area (Å²) in [6.07, 6.45) is 2.09. The molecule has 0 aliphatic heterocycles. The van der Waals surface area contributed by atoms with Crippen LogP contribution < -0.4 is 10.1 Å². The van der Waals surface area contributed by atoms with Crippen LogP contribution >= 0.6 is 11.6 Å². The lowest BCUT2D eigenvalue weighted by molar-refractivity contribution is -0.112. The molecule has 0 radical (unpaired) electrons. The molecule has 1 amide bonds. The average Bonchev–Trinajstić information content (AvgIpc) is 2.86. The number of amides is 1. The molecule has 0 spiro atoms. The second-order valence-electron chi connectivity index (χ2n) is 7.49. The monoisotopic (exact) mass is 488 g/mol. The number of nitrogens with zero attached hydrogens (tertiary/aromatic N) is 1. The van der Waals surface area contributed by atoms with Crippen molar-refractivity contribution in [3.63, 3.8) is 0 Å². The molecule has 0 heterocycles. The zero-order valence-corrected chi connectivity index (χ0v) is 20.3. The van der Waals surface area contributed by atoms with E-state index in [1.807, 2.05) is 49.4 Å². The highest BCUT2D eigenvalue weighted by atomic mass is 35.5. The number of ether oxygens (including phenoxy) is 2. The summed E-state index contributed by atoms with van der Waals surface area (Å²) >= 11 is 6.31. The van der Waals surface area contributed by atoms with Gasteiger partial charge < -0.3 is 14.8 Å². The van der Waals surface area contributed by atoms with Crippen LogP contribution in [0.2, 0.25) is 5.02 Å². The highest BCUT2D eigenvalue weighted by Crippen LogP contribution is 2.27. The molecule has 1 N–H and O–H groups in total. The lowest BCUT2D eigenvalue weighted by Gasteiger charge is -2.12. The number of carbonyl (C=O) groups excluding carboxylic acids is 2. The predicted molar refractivity (Wildman–Crippen MR) is 136 cm³/mol. The first kappa shape index (κ1) is 25.5. The fraction of sp³-hybridized carbons (Fsp3) is 0.179. The Hall–Kier alpha value is -4.08. The van der Waals surface area contributed by atoms with Gasteiger partial charge in [-0.25, -0.2) is 4.79 Å². The van der Waals surface area contributed by atoms with Crippen LogP contribution in [0.3, 0.4) is 0 Å². The number of benzene rings is 3. The van der Waals surface area contributed by atoms with Gasteiger partial charge in [-0.1, -0.05) is 41.9 Å². The van der Waals surface area contributed by atoms with Gasteiger partial charge in [0.15, 0.2) is 0 Å². The molecule has 0 aliphatic rings. The van der Waals surface area contributed by atoms with Gasteiger partial charge in [-0.3, -0.25) is 4.79 Å². The Bertz CT molecular complexity index is 1280. The Balaban J connectivity index is 1.79. The maximum Gasteiger partial charge on any atom is 0.338 e. The number of carbonyl (C=O) groups is 2. The predicted octanol–water partition coefficient (Wildman–Crippen LogP) is 6.05. The number of halogens is 1. The van der Waals surface area contributed by atoms with Gasteiger partial charge in [-0.2, -0.15) is 5.26 Å². The molecule has 0 aliphatic carbocycles. The number of anilines is 1. The van der Waals surface area contributed by atoms with Gasteiger partial charge in [0.05, 0.1) is 18.8 Å². The number of nitriles is 1. The summed E-state index contributed by atoms with van der Waals surface area (Å²) in [5, 5.41) is 12.9. The molecule has 3 aromatic rings. The van der Waals surface area contributed by atoms with E-state index in [2.05, 4.69) is 5.32 Å². The van der Waals surface area contributed by atoms with Crippen LogP contribution in [0.4, 0.5) is 5.69 Å². The molecule has 0 saturated carbocycles. The van der Waals surface area contributed by atoms with E-state index in [1.165, 1.54) is 6.08 Å². The summed E-state index contributed by atoms with van der Waals surface area (Å²) in [4.78, 5) is 24.5. The lowest BCUT2D eigenvalue weighted by atomic mass is 10.0. The van der Waals surface area contributed by atoms with Crippen LogP contribution in [0.25, 0.3) is 6.08 Å². The van der Waals surface area contributed by atoms with Gasteiger partial charge >= 0.3 is 5.97 Å². The molecular formula is C28H25ClN2O4. The Morgan fingerprint density at radius 2 is 1.74 bits per heavy atom. The second-order valence-corrected chi connectivity index (χ2v) is 7.90. The summed E-state index contributed by atoms with van der Waals surface area (Å²) in [6, 6.07) is 21.4. The molecular weight excluding hydrogens is 464 g/mol. The van der Waals surface area contributed by atoms with Crippen molar-refractivity contribution < 1.29 is 19.1 Å². The van der Waals surface area contributed by atoms with Gasteiger partial charge in [0.25, 0.3) is 5.91 Å². The van der Waals surface area contributed by atoms with Crippen LogP contribution in [-0.2, 0) is 16.0 Å². The standard InChI is InChI=1S/C28H25ClN2O4/c1-3-34-26-16-19(9-10-22(26)17-21-7-5-6-8-25(21)29)15-23(18-30)27(32)31-24-13-11-20(12-14-24)28(33)35-4-2/h5-16H,3-4,17H2,1-2H3,(H,31,32)/b23-15+. The van der Waals surface area contributed by atoms with Crippen molar-refractivity contribution >= 4 is 35.2 Å². The molecule has 6 nitrogen and oxygen atoms in total. The average molecular weight is 489 g/mol. The largest absolute Gasteiger partial charge is 0.494 e. The van der Waals surface area contributed by atoms with E-state index >= 15 is 0 Å². The van der Waals surface area contributed by atoms with Gasteiger partial charge in [-0.15, -0.1) is 0 Å². The number of esters is 1. The first-order valence-corrected chi connectivity index (χ1v) is 11.5. The van der Waals surface area contributed by atoms with E-state index in [1.54, 1.807) is 37.3 Å². The fourth-order valence-electron chi connectivity index (χ4n) is 3.36. The van der Waals surface area contributed by atoms with Crippen molar-refractivity contribution in [2.45, 2.75) is 20.3 Å². The van der Waals surface area contributed by atoms with Crippen LogP contribution in [0.5, 0.6) is 5.75 Å². The van der Waals surface area contributed by atoms with E-state index in [0.717, 1.165) is 11.1 Å². The maximum atomic E-state index is 12.7. The van der Waals surface area contributed by atoms with E-state index in [0.29, 0.717) is 40.6 Å². The van der Waals surface area contributed by atoms with Crippen molar-refractivity contribution in [2.24, 2.45) is 0 Å². The Kier molecular flexibility index (Phi) is 9.05. The van der Waals surface area contributed by atoms with Crippen LogP contribution in [-0.4, -0.2) is 25.1 Å². The third kappa shape index (κ3) is 6.95. The molecule has 0 unspecified atom stereocenters. The maximum absolute atomic E-state index is 12.7. The lowest BCUT2D eigenvalue weighted by Crippen LogP contribution is -2.13. The number of hydrogen-bond acceptors (Lipinski definition) is 5. The Labute approximate surface area is 209 Å². The molecule has 0 atom stereocenters. The minimum Gasteiger partial charge on any atom is -0.494 e. The first-order chi connectivity index (χ1) is 16.9. The topological polar surface area (TPSA) is 88.4 Å². The first-order valence-electron chi connectivity index (χ1n) is 11.1. The second kappa shape index (κ2) is 12.4. The quantitative estimate of drug-likeness (QED) is 0.225. The summed E-state index contributed by atoms with van der Waals surface area (Å²) in [5.41, 5.74) is 3.34. The summed E-state index contributed by atoms with van der Waals surface area (Å²) < 4.78 is 10.8. The van der Waals surface area contributed by atoms with Crippen molar-refractivity contribution in [3.05, 3.63) is 99.6 Å². The van der Waals surface area contributed by atoms with Gasteiger partial charge in [0, 0.05) is 17.1 Å². The van der Waals surface area contributed by atoms with Gasteiger partial charge in [0.2, 0.25) is 0 Å². The molecule has 0 aromatic heterocycles. The van der Waals surface area contributed by atoms with E-state index in [4.69, 9.17) is 21.1 Å². The van der Waals surface area contributed by atoms with Crippen LogP contribution in [0.1, 0.15) is 40.9 Å². The summed E-state index contributed by atoms with van der Waals surface area (Å²) in [5.74, 6) is -0.339.